The molecule has 0 spiro atoms. The van der Waals surface area contributed by atoms with E-state index in [-0.39, 0.29) is 0 Å². The van der Waals surface area contributed by atoms with E-state index in [9.17, 15) is 9.90 Å². The second kappa shape index (κ2) is 3.07. The van der Waals surface area contributed by atoms with Crippen LogP contribution < -0.4 is 5.11 Å². The first kappa shape index (κ1) is 7.01. The van der Waals surface area contributed by atoms with Crippen LogP contribution in [-0.4, -0.2) is 12.3 Å². The van der Waals surface area contributed by atoms with E-state index in [0.717, 1.165) is 0 Å². The van der Waals surface area contributed by atoms with Crippen LogP contribution in [0.25, 0.3) is 0 Å². The summed E-state index contributed by atoms with van der Waals surface area (Å²) in [5.74, 6) is 0. The van der Waals surface area contributed by atoms with Crippen LogP contribution in [0.2, 0.25) is 0 Å². The number of rotatable bonds is 2. The normalized spacial score (nSPS) is 12.1. The quantitative estimate of drug-likeness (QED) is 0.373. The lowest BCUT2D eigenvalue weighted by Crippen LogP contribution is -2.26. The Morgan fingerprint density at radius 2 is 2.50 bits per heavy atom. The lowest BCUT2D eigenvalue weighted by Gasteiger charge is -2.11. The highest BCUT2D eigenvalue weighted by molar-refractivity contribution is 5.54. The van der Waals surface area contributed by atoms with Gasteiger partial charge in [-0.15, -0.1) is 6.58 Å². The molecule has 0 heterocycles. The summed E-state index contributed by atoms with van der Waals surface area (Å²) in [6.45, 7) is 4.86. The summed E-state index contributed by atoms with van der Waals surface area (Å²) in [5.41, 5.74) is 0. The fraction of sp³-hybridized carbons (Fsp3) is 0.400. The van der Waals surface area contributed by atoms with E-state index in [1.54, 1.807) is 6.92 Å². The highest BCUT2D eigenvalue weighted by Crippen LogP contribution is 1.87. The van der Waals surface area contributed by atoms with Crippen molar-refractivity contribution in [2.75, 3.05) is 0 Å². The van der Waals surface area contributed by atoms with Gasteiger partial charge in [0.25, 0.3) is 6.16 Å². The highest BCUT2D eigenvalue weighted by Gasteiger charge is 1.88. The predicted molar refractivity (Wildman–Crippen MR) is 26.1 cm³/mol. The van der Waals surface area contributed by atoms with E-state index in [1.165, 1.54) is 6.08 Å². The first-order chi connectivity index (χ1) is 3.66. The fourth-order valence-corrected chi connectivity index (χ4v) is 0.200. The van der Waals surface area contributed by atoms with Gasteiger partial charge in [0.1, 0.15) is 0 Å². The van der Waals surface area contributed by atoms with Crippen LogP contribution in [0.5, 0.6) is 0 Å². The molecule has 0 N–H and O–H groups in total. The molecule has 3 nitrogen and oxygen atoms in total. The molecule has 0 saturated carbocycles. The lowest BCUT2D eigenvalue weighted by molar-refractivity contribution is -0.285. The van der Waals surface area contributed by atoms with Crippen molar-refractivity contribution in [3.05, 3.63) is 12.7 Å². The second-order valence-electron chi connectivity index (χ2n) is 1.31. The van der Waals surface area contributed by atoms with Gasteiger partial charge in [-0.1, -0.05) is 6.08 Å². The smallest absolute Gasteiger partial charge is 0.252 e. The monoisotopic (exact) mass is 115 g/mol. The number of hydrogen-bond acceptors (Lipinski definition) is 3. The minimum absolute atomic E-state index is 0.472. The molecule has 0 aliphatic heterocycles. The van der Waals surface area contributed by atoms with Crippen LogP contribution >= 0.6 is 0 Å². The van der Waals surface area contributed by atoms with Crippen molar-refractivity contribution >= 4 is 6.16 Å². The van der Waals surface area contributed by atoms with E-state index >= 15 is 0 Å². The van der Waals surface area contributed by atoms with Crippen LogP contribution in [0.4, 0.5) is 4.79 Å². The molecule has 0 amide bonds. The molecule has 0 radical (unpaired) electrons. The van der Waals surface area contributed by atoms with E-state index in [0.29, 0.717) is 0 Å². The Morgan fingerprint density at radius 3 is 2.62 bits per heavy atom. The molecule has 0 aromatic heterocycles. The molecule has 0 aromatic carbocycles. The molecular weight excluding hydrogens is 108 g/mol. The maximum absolute atomic E-state index is 9.59. The second-order valence-corrected chi connectivity index (χ2v) is 1.31. The largest absolute Gasteiger partial charge is 0.543 e. The molecule has 0 fully saturated rings. The Balaban J connectivity index is 3.38. The molecule has 0 aliphatic carbocycles. The molecule has 0 aromatic rings. The third-order valence-electron chi connectivity index (χ3n) is 0.614. The zero-order valence-electron chi connectivity index (χ0n) is 4.59. The van der Waals surface area contributed by atoms with Crippen LogP contribution in [0, 0.1) is 0 Å². The molecule has 3 heteroatoms. The summed E-state index contributed by atoms with van der Waals surface area (Å²) < 4.78 is 4.09. The number of ether oxygens (including phenoxy) is 1. The summed E-state index contributed by atoms with van der Waals surface area (Å²) in [6, 6.07) is 0. The Morgan fingerprint density at radius 1 is 2.00 bits per heavy atom. The summed E-state index contributed by atoms with van der Waals surface area (Å²) in [4.78, 5) is 9.59. The molecule has 0 saturated heterocycles. The minimum atomic E-state index is -1.52. The third kappa shape index (κ3) is 3.21. The molecule has 1 unspecified atom stereocenters. The van der Waals surface area contributed by atoms with Gasteiger partial charge in [0.15, 0.2) is 0 Å². The molecule has 0 rings (SSSR count). The van der Waals surface area contributed by atoms with E-state index in [1.807, 2.05) is 0 Å². The molecule has 0 bridgehead atoms. The van der Waals surface area contributed by atoms with Gasteiger partial charge in [-0.2, -0.15) is 0 Å². The van der Waals surface area contributed by atoms with E-state index in [2.05, 4.69) is 11.3 Å². The predicted octanol–water partition coefficient (Wildman–Crippen LogP) is -0.0792. The summed E-state index contributed by atoms with van der Waals surface area (Å²) >= 11 is 0. The molecule has 46 valence electrons. The number of hydrogen-bond donors (Lipinski definition) is 0. The van der Waals surface area contributed by atoms with Gasteiger partial charge in [-0.25, -0.2) is 0 Å². The van der Waals surface area contributed by atoms with Crippen molar-refractivity contribution in [2.24, 2.45) is 0 Å². The van der Waals surface area contributed by atoms with Gasteiger partial charge in [0.2, 0.25) is 0 Å². The van der Waals surface area contributed by atoms with Crippen molar-refractivity contribution in [2.45, 2.75) is 13.0 Å². The number of carboxylic acid groups (broad SMARTS) is 1. The fourth-order valence-electron chi connectivity index (χ4n) is 0.200. The van der Waals surface area contributed by atoms with E-state index in [4.69, 9.17) is 0 Å². The number of carbonyl (C=O) groups excluding carboxylic acids is 1. The minimum Gasteiger partial charge on any atom is -0.543 e. The zero-order chi connectivity index (χ0) is 6.57. The summed E-state index contributed by atoms with van der Waals surface area (Å²) in [7, 11) is 0. The van der Waals surface area contributed by atoms with Gasteiger partial charge in [0.05, 0.1) is 6.10 Å². The van der Waals surface area contributed by atoms with Gasteiger partial charge in [0, 0.05) is 0 Å². The van der Waals surface area contributed by atoms with Crippen molar-refractivity contribution in [1.29, 1.82) is 0 Å². The van der Waals surface area contributed by atoms with Gasteiger partial charge < -0.3 is 14.6 Å². The molecule has 0 aliphatic rings. The molecule has 8 heavy (non-hydrogen) atoms. The van der Waals surface area contributed by atoms with Crippen LogP contribution in [0.1, 0.15) is 6.92 Å². The first-order valence-electron chi connectivity index (χ1n) is 2.17. The van der Waals surface area contributed by atoms with Crippen molar-refractivity contribution in [3.8, 4) is 0 Å². The first-order valence-corrected chi connectivity index (χ1v) is 2.17. The van der Waals surface area contributed by atoms with Gasteiger partial charge in [-0.3, -0.25) is 0 Å². The maximum Gasteiger partial charge on any atom is 0.252 e. The van der Waals surface area contributed by atoms with Crippen molar-refractivity contribution < 1.29 is 14.6 Å². The maximum atomic E-state index is 9.59. The molecular formula is C5H7O3-. The standard InChI is InChI=1S/C5H8O3/c1-3-4(2)8-5(6)7/h3-4H,1H2,2H3,(H,6,7)/p-1. The van der Waals surface area contributed by atoms with Gasteiger partial charge in [-0.05, 0) is 6.92 Å². The number of carbonyl (C=O) groups is 1. The SMILES string of the molecule is C=CC(C)OC(=O)[O-]. The highest BCUT2D eigenvalue weighted by atomic mass is 16.7. The lowest BCUT2D eigenvalue weighted by atomic mass is 10.4. The van der Waals surface area contributed by atoms with Crippen molar-refractivity contribution in [3.63, 3.8) is 0 Å². The average Bonchev–Trinajstić information content (AvgIpc) is 1.65. The van der Waals surface area contributed by atoms with Crippen LogP contribution in [-0.2, 0) is 4.74 Å². The Bertz CT molecular complexity index is 97.8. The van der Waals surface area contributed by atoms with Gasteiger partial charge >= 0.3 is 0 Å². The Kier molecular flexibility index (Phi) is 2.69. The zero-order valence-corrected chi connectivity index (χ0v) is 4.59. The van der Waals surface area contributed by atoms with Crippen LogP contribution in [0.3, 0.4) is 0 Å². The average molecular weight is 115 g/mol. The Hall–Kier alpha value is -0.990. The van der Waals surface area contributed by atoms with E-state index < -0.39 is 12.3 Å². The van der Waals surface area contributed by atoms with Crippen molar-refractivity contribution in [1.82, 2.24) is 0 Å². The topological polar surface area (TPSA) is 49.4 Å². The van der Waals surface area contributed by atoms with Crippen LogP contribution in [0.15, 0.2) is 12.7 Å². The Labute approximate surface area is 47.6 Å². The summed E-state index contributed by atoms with van der Waals surface area (Å²) in [5, 5.41) is 9.59. The summed E-state index contributed by atoms with van der Waals surface area (Å²) in [6.07, 6.45) is -0.618. The third-order valence-corrected chi connectivity index (χ3v) is 0.614. The molecule has 1 atom stereocenters.